The van der Waals surface area contributed by atoms with Gasteiger partial charge in [-0.3, -0.25) is 0 Å². The topological polar surface area (TPSA) is 66.8 Å². The Morgan fingerprint density at radius 3 is 2.50 bits per heavy atom. The van der Waals surface area contributed by atoms with Gasteiger partial charge in [-0.25, -0.2) is 8.42 Å². The molecule has 2 rings (SSSR count). The van der Waals surface area contributed by atoms with E-state index in [2.05, 4.69) is 0 Å². The molecule has 1 fully saturated rings. The van der Waals surface area contributed by atoms with Crippen molar-refractivity contribution in [3.8, 4) is 0 Å². The van der Waals surface area contributed by atoms with Crippen LogP contribution in [0, 0.1) is 6.92 Å². The van der Waals surface area contributed by atoms with Gasteiger partial charge >= 0.3 is 0 Å². The molecule has 5 nitrogen and oxygen atoms in total. The van der Waals surface area contributed by atoms with Gasteiger partial charge in [0.2, 0.25) is 10.0 Å². The lowest BCUT2D eigenvalue weighted by molar-refractivity contribution is -0.0352. The highest BCUT2D eigenvalue weighted by Crippen LogP contribution is 2.26. The van der Waals surface area contributed by atoms with Crippen LogP contribution in [-0.4, -0.2) is 43.8 Å². The zero-order valence-electron chi connectivity index (χ0n) is 10.4. The molecule has 0 bridgehead atoms. The number of hydrogen-bond donors (Lipinski definition) is 1. The maximum Gasteiger partial charge on any atom is 0.245 e. The van der Waals surface area contributed by atoms with Crippen LogP contribution in [0.5, 0.6) is 0 Å². The fourth-order valence-corrected chi connectivity index (χ4v) is 3.70. The average molecular weight is 271 g/mol. The van der Waals surface area contributed by atoms with Crippen molar-refractivity contribution < 1.29 is 18.3 Å². The Bertz CT molecular complexity index is 511. The van der Waals surface area contributed by atoms with Crippen LogP contribution in [-0.2, 0) is 14.8 Å². The average Bonchev–Trinajstić information content (AvgIpc) is 2.71. The number of methoxy groups -OCH3 is 1. The molecule has 0 saturated carbocycles. The molecular formula is C12H17NO4S. The molecule has 0 spiro atoms. The van der Waals surface area contributed by atoms with E-state index >= 15 is 0 Å². The monoisotopic (exact) mass is 271 g/mol. The first-order valence-electron chi connectivity index (χ1n) is 5.76. The van der Waals surface area contributed by atoms with Gasteiger partial charge in [0.1, 0.15) is 6.23 Å². The van der Waals surface area contributed by atoms with E-state index in [1.165, 1.54) is 11.4 Å². The minimum absolute atomic E-state index is 0.226. The Kier molecular flexibility index (Phi) is 3.72. The van der Waals surface area contributed by atoms with Crippen molar-refractivity contribution in [3.63, 3.8) is 0 Å². The summed E-state index contributed by atoms with van der Waals surface area (Å²) in [5.74, 6) is 0. The summed E-state index contributed by atoms with van der Waals surface area (Å²) in [7, 11) is -2.20. The highest BCUT2D eigenvalue weighted by molar-refractivity contribution is 7.89. The molecule has 0 amide bonds. The molecule has 0 aromatic heterocycles. The minimum Gasteiger partial charge on any atom is -0.389 e. The Morgan fingerprint density at radius 1 is 1.33 bits per heavy atom. The van der Waals surface area contributed by atoms with Crippen molar-refractivity contribution >= 4 is 10.0 Å². The third kappa shape index (κ3) is 2.29. The van der Waals surface area contributed by atoms with Crippen LogP contribution < -0.4 is 0 Å². The van der Waals surface area contributed by atoms with Crippen molar-refractivity contribution in [2.75, 3.05) is 13.7 Å². The van der Waals surface area contributed by atoms with E-state index < -0.39 is 22.4 Å². The van der Waals surface area contributed by atoms with Gasteiger partial charge in [0, 0.05) is 13.7 Å². The third-order valence-electron chi connectivity index (χ3n) is 3.13. The molecule has 1 saturated heterocycles. The van der Waals surface area contributed by atoms with Gasteiger partial charge in [-0.2, -0.15) is 4.31 Å². The molecule has 1 aromatic carbocycles. The number of aliphatic hydroxyl groups is 1. The summed E-state index contributed by atoms with van der Waals surface area (Å²) in [6, 6.07) is 6.65. The molecule has 1 aliphatic heterocycles. The molecular weight excluding hydrogens is 254 g/mol. The third-order valence-corrected chi connectivity index (χ3v) is 5.00. The first-order valence-corrected chi connectivity index (χ1v) is 7.20. The van der Waals surface area contributed by atoms with Crippen molar-refractivity contribution in [2.24, 2.45) is 0 Å². The number of hydrogen-bond acceptors (Lipinski definition) is 4. The molecule has 0 radical (unpaired) electrons. The van der Waals surface area contributed by atoms with Crippen LogP contribution in [0.25, 0.3) is 0 Å². The lowest BCUT2D eigenvalue weighted by atomic mass is 10.2. The van der Waals surface area contributed by atoms with Crippen LogP contribution >= 0.6 is 0 Å². The predicted molar refractivity (Wildman–Crippen MR) is 66.5 cm³/mol. The molecule has 1 aromatic rings. The molecule has 1 aliphatic rings. The van der Waals surface area contributed by atoms with Crippen LogP contribution in [0.3, 0.4) is 0 Å². The number of aryl methyl sites for hydroxylation is 1. The van der Waals surface area contributed by atoms with E-state index in [4.69, 9.17) is 4.74 Å². The maximum atomic E-state index is 12.4. The summed E-state index contributed by atoms with van der Waals surface area (Å²) in [6.45, 7) is 2.17. The van der Waals surface area contributed by atoms with Gasteiger partial charge in [0.25, 0.3) is 0 Å². The zero-order chi connectivity index (χ0) is 13.3. The molecule has 100 valence electrons. The number of aliphatic hydroxyl groups excluding tert-OH is 1. The molecule has 0 aliphatic carbocycles. The lowest BCUT2D eigenvalue weighted by Crippen LogP contribution is -2.40. The summed E-state index contributed by atoms with van der Waals surface area (Å²) in [6.07, 6.45) is -1.17. The van der Waals surface area contributed by atoms with Crippen LogP contribution in [0.1, 0.15) is 12.0 Å². The quantitative estimate of drug-likeness (QED) is 0.880. The van der Waals surface area contributed by atoms with Crippen molar-refractivity contribution in [2.45, 2.75) is 30.6 Å². The second-order valence-electron chi connectivity index (χ2n) is 4.41. The predicted octanol–water partition coefficient (Wildman–Crippen LogP) is 0.723. The van der Waals surface area contributed by atoms with Crippen molar-refractivity contribution in [1.82, 2.24) is 4.31 Å². The van der Waals surface area contributed by atoms with E-state index in [0.29, 0.717) is 6.42 Å². The summed E-state index contributed by atoms with van der Waals surface area (Å²) in [5, 5.41) is 9.68. The van der Waals surface area contributed by atoms with E-state index in [1.807, 2.05) is 6.92 Å². The number of ether oxygens (including phenoxy) is 1. The Balaban J connectivity index is 2.34. The number of rotatable bonds is 3. The first-order chi connectivity index (χ1) is 8.46. The van der Waals surface area contributed by atoms with Gasteiger partial charge in [-0.1, -0.05) is 17.7 Å². The summed E-state index contributed by atoms with van der Waals surface area (Å²) >= 11 is 0. The summed E-state index contributed by atoms with van der Waals surface area (Å²) in [5.41, 5.74) is 0.999. The SMILES string of the molecule is CO[C@@H]1[C@H](O)CCN1S(=O)(=O)c1ccc(C)cc1. The van der Waals surface area contributed by atoms with Crippen LogP contribution in [0.4, 0.5) is 0 Å². The Labute approximate surface area is 107 Å². The second kappa shape index (κ2) is 4.97. The second-order valence-corrected chi connectivity index (χ2v) is 6.30. The minimum atomic E-state index is -3.60. The van der Waals surface area contributed by atoms with Gasteiger partial charge in [-0.05, 0) is 25.5 Å². The molecule has 6 heteroatoms. The normalized spacial score (nSPS) is 25.5. The van der Waals surface area contributed by atoms with Gasteiger partial charge in [0.05, 0.1) is 11.0 Å². The highest BCUT2D eigenvalue weighted by atomic mass is 32.2. The first kappa shape index (κ1) is 13.5. The van der Waals surface area contributed by atoms with Crippen LogP contribution in [0.2, 0.25) is 0 Å². The molecule has 1 N–H and O–H groups in total. The van der Waals surface area contributed by atoms with Gasteiger partial charge < -0.3 is 9.84 Å². The number of nitrogens with zero attached hydrogens (tertiary/aromatic N) is 1. The lowest BCUT2D eigenvalue weighted by Gasteiger charge is -2.24. The van der Waals surface area contributed by atoms with E-state index in [9.17, 15) is 13.5 Å². The molecule has 2 atom stereocenters. The Hall–Kier alpha value is -0.950. The van der Waals surface area contributed by atoms with E-state index in [-0.39, 0.29) is 11.4 Å². The highest BCUT2D eigenvalue weighted by Gasteiger charge is 2.41. The standard InChI is InChI=1S/C12H17NO4S/c1-9-3-5-10(6-4-9)18(15,16)13-8-7-11(14)12(13)17-2/h3-6,11-12,14H,7-8H2,1-2H3/t11-,12-/m1/s1. The summed E-state index contributed by atoms with van der Waals surface area (Å²) < 4.78 is 31.1. The van der Waals surface area contributed by atoms with Crippen molar-refractivity contribution in [3.05, 3.63) is 29.8 Å². The van der Waals surface area contributed by atoms with E-state index in [1.54, 1.807) is 24.3 Å². The van der Waals surface area contributed by atoms with E-state index in [0.717, 1.165) is 5.56 Å². The smallest absolute Gasteiger partial charge is 0.245 e. The number of sulfonamides is 1. The fraction of sp³-hybridized carbons (Fsp3) is 0.500. The molecule has 0 unspecified atom stereocenters. The Morgan fingerprint density at radius 2 is 1.94 bits per heavy atom. The van der Waals surface area contributed by atoms with Gasteiger partial charge in [-0.15, -0.1) is 0 Å². The van der Waals surface area contributed by atoms with Crippen molar-refractivity contribution in [1.29, 1.82) is 0 Å². The molecule has 18 heavy (non-hydrogen) atoms. The number of benzene rings is 1. The summed E-state index contributed by atoms with van der Waals surface area (Å²) in [4.78, 5) is 0.226. The van der Waals surface area contributed by atoms with Crippen LogP contribution in [0.15, 0.2) is 29.2 Å². The zero-order valence-corrected chi connectivity index (χ0v) is 11.2. The largest absolute Gasteiger partial charge is 0.389 e. The molecule has 1 heterocycles. The maximum absolute atomic E-state index is 12.4. The fourth-order valence-electron chi connectivity index (χ4n) is 2.10. The van der Waals surface area contributed by atoms with Gasteiger partial charge in [0.15, 0.2) is 0 Å².